The van der Waals surface area contributed by atoms with E-state index in [1.807, 2.05) is 6.07 Å². The van der Waals surface area contributed by atoms with Gasteiger partial charge in [-0.2, -0.15) is 0 Å². The first-order chi connectivity index (χ1) is 9.61. The lowest BCUT2D eigenvalue weighted by molar-refractivity contribution is -0.117. The van der Waals surface area contributed by atoms with Gasteiger partial charge in [0.05, 0.1) is 0 Å². The summed E-state index contributed by atoms with van der Waals surface area (Å²) < 4.78 is 13.5. The number of thiazole rings is 1. The molecule has 0 unspecified atom stereocenters. The Bertz CT molecular complexity index is 649. The quantitative estimate of drug-likeness (QED) is 0.936. The summed E-state index contributed by atoms with van der Waals surface area (Å²) in [4.78, 5) is 16.8. The molecule has 1 amide bonds. The van der Waals surface area contributed by atoms with E-state index in [2.05, 4.69) is 10.3 Å². The number of carbonyl (C=O) groups is 1. The topological polar surface area (TPSA) is 42.0 Å². The van der Waals surface area contributed by atoms with Gasteiger partial charge in [0, 0.05) is 23.4 Å². The maximum atomic E-state index is 13.5. The van der Waals surface area contributed by atoms with Crippen molar-refractivity contribution in [3.05, 3.63) is 46.2 Å². The summed E-state index contributed by atoms with van der Waals surface area (Å²) in [5, 5.41) is 3.45. The zero-order valence-corrected chi connectivity index (χ0v) is 12.0. The van der Waals surface area contributed by atoms with Gasteiger partial charge in [-0.05, 0) is 37.0 Å². The van der Waals surface area contributed by atoms with E-state index in [9.17, 15) is 9.18 Å². The fraction of sp³-hybridized carbons (Fsp3) is 0.333. The molecule has 0 radical (unpaired) electrons. The van der Waals surface area contributed by atoms with Gasteiger partial charge in [0.2, 0.25) is 5.91 Å². The van der Waals surface area contributed by atoms with Crippen molar-refractivity contribution < 1.29 is 9.18 Å². The second kappa shape index (κ2) is 5.32. The van der Waals surface area contributed by atoms with E-state index in [0.29, 0.717) is 17.1 Å². The Labute approximate surface area is 120 Å². The maximum absolute atomic E-state index is 13.5. The zero-order chi connectivity index (χ0) is 14.1. The molecule has 0 spiro atoms. The number of rotatable bonds is 4. The van der Waals surface area contributed by atoms with Gasteiger partial charge < -0.3 is 5.32 Å². The first-order valence-electron chi connectivity index (χ1n) is 6.62. The number of nitrogens with one attached hydrogen (secondary N) is 1. The van der Waals surface area contributed by atoms with Crippen LogP contribution in [0.1, 0.15) is 28.8 Å². The van der Waals surface area contributed by atoms with E-state index in [1.165, 1.54) is 11.3 Å². The van der Waals surface area contributed by atoms with Crippen LogP contribution >= 0.6 is 11.3 Å². The van der Waals surface area contributed by atoms with Crippen LogP contribution in [-0.4, -0.2) is 10.9 Å². The van der Waals surface area contributed by atoms with Crippen molar-refractivity contribution in [2.45, 2.75) is 26.2 Å². The standard InChI is InChI=1S/C15H15FN2OS/c1-9-2-3-10(7-13(9)16)6-12-8-17-15(20-12)18-14(19)11-4-5-11/h2-3,7-8,11H,4-6H2,1H3,(H,17,18,19). The van der Waals surface area contributed by atoms with E-state index >= 15 is 0 Å². The van der Waals surface area contributed by atoms with E-state index in [0.717, 1.165) is 23.3 Å². The third-order valence-electron chi connectivity index (χ3n) is 3.35. The minimum absolute atomic E-state index is 0.0623. The summed E-state index contributed by atoms with van der Waals surface area (Å²) in [5.41, 5.74) is 1.56. The monoisotopic (exact) mass is 290 g/mol. The van der Waals surface area contributed by atoms with Gasteiger partial charge in [0.25, 0.3) is 0 Å². The van der Waals surface area contributed by atoms with Gasteiger partial charge >= 0.3 is 0 Å². The molecule has 20 heavy (non-hydrogen) atoms. The van der Waals surface area contributed by atoms with Crippen LogP contribution in [-0.2, 0) is 11.2 Å². The van der Waals surface area contributed by atoms with Crippen molar-refractivity contribution in [3.63, 3.8) is 0 Å². The Morgan fingerprint density at radius 3 is 3.00 bits per heavy atom. The summed E-state index contributed by atoms with van der Waals surface area (Å²) in [5.74, 6) is 0.0510. The molecule has 0 atom stereocenters. The molecule has 1 aliphatic rings. The minimum Gasteiger partial charge on any atom is -0.302 e. The molecular weight excluding hydrogens is 275 g/mol. The third kappa shape index (κ3) is 3.04. The van der Waals surface area contributed by atoms with E-state index in [4.69, 9.17) is 0 Å². The van der Waals surface area contributed by atoms with Crippen LogP contribution in [0.4, 0.5) is 9.52 Å². The number of aryl methyl sites for hydroxylation is 1. The van der Waals surface area contributed by atoms with Gasteiger partial charge in [-0.15, -0.1) is 11.3 Å². The number of aromatic nitrogens is 1. The average molecular weight is 290 g/mol. The highest BCUT2D eigenvalue weighted by Crippen LogP contribution is 2.31. The van der Waals surface area contributed by atoms with Gasteiger partial charge in [-0.1, -0.05) is 12.1 Å². The molecular formula is C15H15FN2OS. The largest absolute Gasteiger partial charge is 0.302 e. The second-order valence-electron chi connectivity index (χ2n) is 5.16. The lowest BCUT2D eigenvalue weighted by Gasteiger charge is -2.01. The molecule has 0 aliphatic heterocycles. The Morgan fingerprint density at radius 2 is 2.30 bits per heavy atom. The smallest absolute Gasteiger partial charge is 0.229 e. The highest BCUT2D eigenvalue weighted by molar-refractivity contribution is 7.15. The number of hydrogen-bond donors (Lipinski definition) is 1. The van der Waals surface area contributed by atoms with Crippen molar-refractivity contribution >= 4 is 22.4 Å². The number of amides is 1. The zero-order valence-electron chi connectivity index (χ0n) is 11.1. The molecule has 5 heteroatoms. The van der Waals surface area contributed by atoms with Crippen LogP contribution in [0.25, 0.3) is 0 Å². The molecule has 104 valence electrons. The predicted molar refractivity (Wildman–Crippen MR) is 77.4 cm³/mol. The predicted octanol–water partition coefficient (Wildman–Crippen LogP) is 3.53. The molecule has 1 aromatic heterocycles. The van der Waals surface area contributed by atoms with E-state index < -0.39 is 0 Å². The van der Waals surface area contributed by atoms with Crippen molar-refractivity contribution in [2.24, 2.45) is 5.92 Å². The Balaban J connectivity index is 1.66. The Morgan fingerprint density at radius 1 is 1.50 bits per heavy atom. The van der Waals surface area contributed by atoms with Crippen molar-refractivity contribution in [1.29, 1.82) is 0 Å². The van der Waals surface area contributed by atoms with Crippen LogP contribution in [0.5, 0.6) is 0 Å². The van der Waals surface area contributed by atoms with Gasteiger partial charge in [0.1, 0.15) is 5.82 Å². The fourth-order valence-electron chi connectivity index (χ4n) is 1.95. The van der Waals surface area contributed by atoms with Crippen LogP contribution in [0.15, 0.2) is 24.4 Å². The summed E-state index contributed by atoms with van der Waals surface area (Å²) in [6.45, 7) is 1.75. The first kappa shape index (κ1) is 13.2. The highest BCUT2D eigenvalue weighted by Gasteiger charge is 2.30. The fourth-order valence-corrected chi connectivity index (χ4v) is 2.80. The summed E-state index contributed by atoms with van der Waals surface area (Å²) >= 11 is 1.45. The molecule has 1 aromatic carbocycles. The normalized spacial score (nSPS) is 14.3. The molecule has 2 aromatic rings. The molecule has 1 aliphatic carbocycles. The van der Waals surface area contributed by atoms with Crippen molar-refractivity contribution in [3.8, 4) is 0 Å². The maximum Gasteiger partial charge on any atom is 0.229 e. The van der Waals surface area contributed by atoms with Crippen LogP contribution < -0.4 is 5.32 Å². The molecule has 0 saturated heterocycles. The van der Waals surface area contributed by atoms with Gasteiger partial charge in [0.15, 0.2) is 5.13 Å². The first-order valence-corrected chi connectivity index (χ1v) is 7.44. The lowest BCUT2D eigenvalue weighted by atomic mass is 10.1. The molecule has 1 saturated carbocycles. The number of anilines is 1. The second-order valence-corrected chi connectivity index (χ2v) is 6.27. The lowest BCUT2D eigenvalue weighted by Crippen LogP contribution is -2.12. The van der Waals surface area contributed by atoms with Crippen LogP contribution in [0.2, 0.25) is 0 Å². The van der Waals surface area contributed by atoms with E-state index in [-0.39, 0.29) is 17.6 Å². The molecule has 1 N–H and O–H groups in total. The summed E-state index contributed by atoms with van der Waals surface area (Å²) in [6.07, 6.45) is 4.33. The summed E-state index contributed by atoms with van der Waals surface area (Å²) in [6, 6.07) is 5.25. The van der Waals surface area contributed by atoms with Gasteiger partial charge in [-0.25, -0.2) is 9.37 Å². The third-order valence-corrected chi connectivity index (χ3v) is 4.26. The Kier molecular flexibility index (Phi) is 3.53. The molecule has 3 rings (SSSR count). The average Bonchev–Trinajstić information content (AvgIpc) is 3.18. The Hall–Kier alpha value is -1.75. The van der Waals surface area contributed by atoms with Crippen molar-refractivity contribution in [2.75, 3.05) is 5.32 Å². The molecule has 3 nitrogen and oxygen atoms in total. The van der Waals surface area contributed by atoms with Crippen LogP contribution in [0, 0.1) is 18.7 Å². The number of hydrogen-bond acceptors (Lipinski definition) is 3. The van der Waals surface area contributed by atoms with E-state index in [1.54, 1.807) is 25.3 Å². The van der Waals surface area contributed by atoms with Crippen LogP contribution in [0.3, 0.4) is 0 Å². The molecule has 1 heterocycles. The molecule has 1 fully saturated rings. The highest BCUT2D eigenvalue weighted by atomic mass is 32.1. The molecule has 0 bridgehead atoms. The number of halogens is 1. The number of carbonyl (C=O) groups excluding carboxylic acids is 1. The SMILES string of the molecule is Cc1ccc(Cc2cnc(NC(=O)C3CC3)s2)cc1F. The van der Waals surface area contributed by atoms with Gasteiger partial charge in [-0.3, -0.25) is 4.79 Å². The number of nitrogens with zero attached hydrogens (tertiary/aromatic N) is 1. The summed E-state index contributed by atoms with van der Waals surface area (Å²) in [7, 11) is 0. The van der Waals surface area contributed by atoms with Crippen molar-refractivity contribution in [1.82, 2.24) is 4.98 Å². The minimum atomic E-state index is -0.186. The number of benzene rings is 1.